The third-order valence-corrected chi connectivity index (χ3v) is 4.46. The van der Waals surface area contributed by atoms with Gasteiger partial charge in [-0.2, -0.15) is 5.26 Å². The number of hydrogen-bond acceptors (Lipinski definition) is 6. The molecule has 0 saturated carbocycles. The number of fused-ring (bicyclic) bond motifs is 1. The number of nitrogens with one attached hydrogen (secondary N) is 1. The first kappa shape index (κ1) is 13.2. The lowest BCUT2D eigenvalue weighted by molar-refractivity contribution is 0.0127. The Kier molecular flexibility index (Phi) is 3.72. The second-order valence-electron chi connectivity index (χ2n) is 4.96. The smallest absolute Gasteiger partial charge is 0.0832 e. The molecular weight excluding hydrogens is 272 g/mol. The number of nitriles is 1. The van der Waals surface area contributed by atoms with E-state index in [2.05, 4.69) is 16.4 Å². The molecule has 0 unspecified atom stereocenters. The quantitative estimate of drug-likeness (QED) is 0.907. The molecule has 6 heteroatoms. The summed E-state index contributed by atoms with van der Waals surface area (Å²) in [6, 6.07) is 4.39. The summed E-state index contributed by atoms with van der Waals surface area (Å²) in [4.78, 5) is 4.31. The van der Waals surface area contributed by atoms with Crippen molar-refractivity contribution in [1.29, 1.82) is 5.26 Å². The Balaban J connectivity index is 1.73. The molecule has 3 heterocycles. The number of hydrogen-bond donors (Lipinski definition) is 2. The summed E-state index contributed by atoms with van der Waals surface area (Å²) in [7, 11) is 0. The SMILES string of the molecule is N#CC[C@@H]1CC[C@H](Nc2c(N)cnc3ccsc23)CO1. The number of nitrogens with two attached hydrogens (primary N) is 1. The lowest BCUT2D eigenvalue weighted by Gasteiger charge is -2.29. The molecule has 5 nitrogen and oxygen atoms in total. The van der Waals surface area contributed by atoms with E-state index in [4.69, 9.17) is 15.7 Å². The summed E-state index contributed by atoms with van der Waals surface area (Å²) in [6.45, 7) is 0.612. The minimum atomic E-state index is 0.0783. The maximum Gasteiger partial charge on any atom is 0.0832 e. The fraction of sp³-hybridized carbons (Fsp3) is 0.429. The molecule has 104 valence electrons. The molecule has 1 fully saturated rings. The van der Waals surface area contributed by atoms with E-state index in [1.54, 1.807) is 17.5 Å². The van der Waals surface area contributed by atoms with Gasteiger partial charge < -0.3 is 15.8 Å². The first-order valence-electron chi connectivity index (χ1n) is 6.64. The van der Waals surface area contributed by atoms with Crippen molar-refractivity contribution in [1.82, 2.24) is 4.98 Å². The molecule has 1 aliphatic heterocycles. The molecule has 3 rings (SSSR count). The second-order valence-corrected chi connectivity index (χ2v) is 5.88. The van der Waals surface area contributed by atoms with Crippen LogP contribution in [-0.4, -0.2) is 23.7 Å². The highest BCUT2D eigenvalue weighted by molar-refractivity contribution is 7.17. The predicted octanol–water partition coefficient (Wildman–Crippen LogP) is 2.75. The van der Waals surface area contributed by atoms with Gasteiger partial charge in [-0.15, -0.1) is 11.3 Å². The van der Waals surface area contributed by atoms with E-state index in [9.17, 15) is 0 Å². The molecule has 2 atom stereocenters. The van der Waals surface area contributed by atoms with Crippen molar-refractivity contribution < 1.29 is 4.74 Å². The zero-order chi connectivity index (χ0) is 13.9. The van der Waals surface area contributed by atoms with Gasteiger partial charge in [0.15, 0.2) is 0 Å². The highest BCUT2D eigenvalue weighted by Crippen LogP contribution is 2.33. The topological polar surface area (TPSA) is 84.0 Å². The van der Waals surface area contributed by atoms with Gasteiger partial charge in [-0.3, -0.25) is 4.98 Å². The van der Waals surface area contributed by atoms with E-state index in [-0.39, 0.29) is 12.1 Å². The Labute approximate surface area is 121 Å². The molecule has 3 N–H and O–H groups in total. The molecule has 0 spiro atoms. The van der Waals surface area contributed by atoms with Crippen molar-refractivity contribution in [3.05, 3.63) is 17.6 Å². The van der Waals surface area contributed by atoms with E-state index < -0.39 is 0 Å². The number of anilines is 2. The van der Waals surface area contributed by atoms with E-state index in [0.717, 1.165) is 28.7 Å². The van der Waals surface area contributed by atoms with Crippen LogP contribution < -0.4 is 11.1 Å². The fourth-order valence-corrected chi connectivity index (χ4v) is 3.33. The number of ether oxygens (including phenoxy) is 1. The van der Waals surface area contributed by atoms with Crippen LogP contribution in [-0.2, 0) is 4.74 Å². The van der Waals surface area contributed by atoms with Crippen LogP contribution in [0.5, 0.6) is 0 Å². The van der Waals surface area contributed by atoms with Gasteiger partial charge in [0.2, 0.25) is 0 Å². The highest BCUT2D eigenvalue weighted by atomic mass is 32.1. The van der Waals surface area contributed by atoms with Crippen molar-refractivity contribution in [2.24, 2.45) is 0 Å². The minimum absolute atomic E-state index is 0.0783. The molecule has 2 aromatic heterocycles. The zero-order valence-electron chi connectivity index (χ0n) is 11.0. The molecule has 0 aromatic carbocycles. The lowest BCUT2D eigenvalue weighted by Crippen LogP contribution is -2.34. The maximum atomic E-state index is 8.68. The van der Waals surface area contributed by atoms with Gasteiger partial charge in [0.1, 0.15) is 0 Å². The van der Waals surface area contributed by atoms with Crippen LogP contribution in [0.4, 0.5) is 11.4 Å². The lowest BCUT2D eigenvalue weighted by atomic mass is 10.0. The van der Waals surface area contributed by atoms with Gasteiger partial charge in [-0.1, -0.05) is 0 Å². The van der Waals surface area contributed by atoms with Crippen molar-refractivity contribution in [2.45, 2.75) is 31.4 Å². The molecule has 1 saturated heterocycles. The molecule has 0 bridgehead atoms. The molecule has 2 aromatic rings. The summed E-state index contributed by atoms with van der Waals surface area (Å²) in [5.41, 5.74) is 8.62. The van der Waals surface area contributed by atoms with E-state index in [1.165, 1.54) is 0 Å². The molecule has 1 aliphatic rings. The zero-order valence-corrected chi connectivity index (χ0v) is 11.8. The second kappa shape index (κ2) is 5.65. The predicted molar refractivity (Wildman–Crippen MR) is 80.6 cm³/mol. The molecule has 20 heavy (non-hydrogen) atoms. The monoisotopic (exact) mass is 288 g/mol. The normalized spacial score (nSPS) is 22.6. The Morgan fingerprint density at radius 3 is 3.20 bits per heavy atom. The summed E-state index contributed by atoms with van der Waals surface area (Å²) in [5, 5.41) is 14.2. The van der Waals surface area contributed by atoms with Gasteiger partial charge in [0, 0.05) is 6.04 Å². The average Bonchev–Trinajstić information content (AvgIpc) is 2.93. The maximum absolute atomic E-state index is 8.68. The van der Waals surface area contributed by atoms with Crippen LogP contribution in [0.2, 0.25) is 0 Å². The van der Waals surface area contributed by atoms with Crippen LogP contribution in [0.3, 0.4) is 0 Å². The Bertz CT molecular complexity index is 640. The number of nitrogen functional groups attached to an aromatic ring is 1. The van der Waals surface area contributed by atoms with Crippen LogP contribution >= 0.6 is 11.3 Å². The van der Waals surface area contributed by atoms with Crippen molar-refractivity contribution >= 4 is 32.9 Å². The van der Waals surface area contributed by atoms with Gasteiger partial charge in [-0.05, 0) is 24.3 Å². The molecule has 0 aliphatic carbocycles. The Morgan fingerprint density at radius 2 is 2.45 bits per heavy atom. The highest BCUT2D eigenvalue weighted by Gasteiger charge is 2.22. The van der Waals surface area contributed by atoms with E-state index in [0.29, 0.717) is 18.7 Å². The van der Waals surface area contributed by atoms with Crippen LogP contribution in [0.15, 0.2) is 17.6 Å². The third kappa shape index (κ3) is 2.55. The number of aromatic nitrogens is 1. The van der Waals surface area contributed by atoms with Gasteiger partial charge in [0.25, 0.3) is 0 Å². The van der Waals surface area contributed by atoms with Crippen molar-refractivity contribution in [3.63, 3.8) is 0 Å². The van der Waals surface area contributed by atoms with Gasteiger partial charge in [-0.25, -0.2) is 0 Å². The number of pyridine rings is 1. The first-order valence-corrected chi connectivity index (χ1v) is 7.52. The third-order valence-electron chi connectivity index (χ3n) is 3.54. The number of rotatable bonds is 3. The molecule has 0 radical (unpaired) electrons. The summed E-state index contributed by atoms with van der Waals surface area (Å²) < 4.78 is 6.79. The fourth-order valence-electron chi connectivity index (χ4n) is 2.46. The largest absolute Gasteiger partial charge is 0.396 e. The van der Waals surface area contributed by atoms with Crippen LogP contribution in [0.1, 0.15) is 19.3 Å². The average molecular weight is 288 g/mol. The van der Waals surface area contributed by atoms with Crippen LogP contribution in [0, 0.1) is 11.3 Å². The number of nitrogens with zero attached hydrogens (tertiary/aromatic N) is 2. The Morgan fingerprint density at radius 1 is 1.55 bits per heavy atom. The first-order chi connectivity index (χ1) is 9.78. The summed E-state index contributed by atoms with van der Waals surface area (Å²) in [6.07, 6.45) is 4.14. The van der Waals surface area contributed by atoms with E-state index >= 15 is 0 Å². The van der Waals surface area contributed by atoms with Gasteiger partial charge in [0.05, 0.1) is 53.0 Å². The van der Waals surface area contributed by atoms with Crippen LogP contribution in [0.25, 0.3) is 10.2 Å². The Hall–Kier alpha value is -1.84. The van der Waals surface area contributed by atoms with Gasteiger partial charge >= 0.3 is 0 Å². The molecular formula is C14H16N4OS. The summed E-state index contributed by atoms with van der Waals surface area (Å²) >= 11 is 1.64. The standard InChI is InChI=1S/C14H16N4OS/c15-5-3-10-2-1-9(8-19-10)18-13-11(16)7-17-12-4-6-20-14(12)13/h4,6-7,9-10H,1-3,8,16H2,(H,17,18)/t9-,10-/m0/s1. The van der Waals surface area contributed by atoms with Crippen molar-refractivity contribution in [2.75, 3.05) is 17.7 Å². The summed E-state index contributed by atoms with van der Waals surface area (Å²) in [5.74, 6) is 0. The van der Waals surface area contributed by atoms with Crippen molar-refractivity contribution in [3.8, 4) is 6.07 Å². The van der Waals surface area contributed by atoms with E-state index in [1.807, 2.05) is 11.4 Å². The number of thiophene rings is 1. The molecule has 0 amide bonds. The minimum Gasteiger partial charge on any atom is -0.396 e.